The number of oxazole rings is 1. The summed E-state index contributed by atoms with van der Waals surface area (Å²) in [4.78, 5) is 4.29. The Balaban J connectivity index is 1.80. The lowest BCUT2D eigenvalue weighted by atomic mass is 10.00. The van der Waals surface area contributed by atoms with Crippen LogP contribution in [-0.4, -0.2) is 11.6 Å². The van der Waals surface area contributed by atoms with E-state index in [0.29, 0.717) is 0 Å². The van der Waals surface area contributed by atoms with Gasteiger partial charge in [-0.05, 0) is 32.0 Å². The number of hydrogen-bond donors (Lipinski definition) is 1. The normalized spacial score (nSPS) is 19.2. The Hall–Kier alpha value is -1.33. The lowest BCUT2D eigenvalue weighted by molar-refractivity contribution is 0.240. The van der Waals surface area contributed by atoms with Gasteiger partial charge in [0, 0.05) is 22.5 Å². The molecule has 0 fully saturated rings. The van der Waals surface area contributed by atoms with Gasteiger partial charge in [-0.15, -0.1) is 0 Å². The molecule has 3 rings (SSSR count). The summed E-state index contributed by atoms with van der Waals surface area (Å²) in [6, 6.07) is 6.44. The minimum absolute atomic E-state index is 0.0682. The highest BCUT2D eigenvalue weighted by Crippen LogP contribution is 2.35. The predicted molar refractivity (Wildman–Crippen MR) is 79.8 cm³/mol. The number of nitrogens with one attached hydrogen (secondary N) is 1. The van der Waals surface area contributed by atoms with E-state index in [0.717, 1.165) is 34.9 Å². The second-order valence-electron chi connectivity index (χ2n) is 5.07. The number of aromatic nitrogens is 1. The molecular weight excluding hydrogens is 320 g/mol. The molecule has 1 aliphatic heterocycles. The van der Waals surface area contributed by atoms with Crippen molar-refractivity contribution in [2.75, 3.05) is 6.61 Å². The molecule has 0 saturated heterocycles. The lowest BCUT2D eigenvalue weighted by Gasteiger charge is -2.28. The minimum atomic E-state index is 0.0682. The first-order valence-corrected chi connectivity index (χ1v) is 7.53. The third-order valence-electron chi connectivity index (χ3n) is 3.47. The highest BCUT2D eigenvalue weighted by molar-refractivity contribution is 9.10. The molecule has 0 amide bonds. The summed E-state index contributed by atoms with van der Waals surface area (Å²) in [5, 5.41) is 3.57. The number of rotatable bonds is 3. The fourth-order valence-corrected chi connectivity index (χ4v) is 2.86. The van der Waals surface area contributed by atoms with Crippen LogP contribution < -0.4 is 10.1 Å². The SMILES string of the molecule is Cc1cnc(C(C)NC2CCOc3ccc(Br)cc32)o1. The van der Waals surface area contributed by atoms with Gasteiger partial charge in [-0.25, -0.2) is 4.98 Å². The van der Waals surface area contributed by atoms with E-state index in [1.54, 1.807) is 6.20 Å². The molecule has 1 aromatic carbocycles. The molecule has 1 aliphatic rings. The first kappa shape index (κ1) is 13.6. The van der Waals surface area contributed by atoms with E-state index < -0.39 is 0 Å². The summed E-state index contributed by atoms with van der Waals surface area (Å²) in [5.41, 5.74) is 1.18. The largest absolute Gasteiger partial charge is 0.493 e. The summed E-state index contributed by atoms with van der Waals surface area (Å²) in [5.74, 6) is 2.52. The minimum Gasteiger partial charge on any atom is -0.493 e. The van der Waals surface area contributed by atoms with E-state index in [-0.39, 0.29) is 12.1 Å². The van der Waals surface area contributed by atoms with E-state index in [2.05, 4.69) is 39.2 Å². The van der Waals surface area contributed by atoms with Gasteiger partial charge in [-0.2, -0.15) is 0 Å². The molecule has 2 aromatic rings. The van der Waals surface area contributed by atoms with E-state index in [1.165, 1.54) is 5.56 Å². The average Bonchev–Trinajstić information content (AvgIpc) is 2.86. The number of fused-ring (bicyclic) bond motifs is 1. The number of halogens is 1. The molecule has 20 heavy (non-hydrogen) atoms. The van der Waals surface area contributed by atoms with Crippen LogP contribution in [-0.2, 0) is 0 Å². The smallest absolute Gasteiger partial charge is 0.211 e. The number of hydrogen-bond acceptors (Lipinski definition) is 4. The molecule has 0 bridgehead atoms. The topological polar surface area (TPSA) is 47.3 Å². The molecule has 0 aliphatic carbocycles. The van der Waals surface area contributed by atoms with Gasteiger partial charge >= 0.3 is 0 Å². The van der Waals surface area contributed by atoms with Crippen LogP contribution in [0.1, 0.15) is 42.6 Å². The first-order chi connectivity index (χ1) is 9.63. The third-order valence-corrected chi connectivity index (χ3v) is 3.97. The Labute approximate surface area is 126 Å². The summed E-state index contributed by atoms with van der Waals surface area (Å²) in [7, 11) is 0. The van der Waals surface area contributed by atoms with Crippen molar-refractivity contribution in [3.8, 4) is 5.75 Å². The zero-order valence-corrected chi connectivity index (χ0v) is 13.1. The first-order valence-electron chi connectivity index (χ1n) is 6.74. The maximum Gasteiger partial charge on any atom is 0.211 e. The zero-order valence-electron chi connectivity index (χ0n) is 11.5. The number of benzene rings is 1. The molecule has 5 heteroatoms. The van der Waals surface area contributed by atoms with Gasteiger partial charge in [0.15, 0.2) is 0 Å². The van der Waals surface area contributed by atoms with Gasteiger partial charge in [0.1, 0.15) is 11.5 Å². The molecule has 1 aromatic heterocycles. The molecule has 2 unspecified atom stereocenters. The highest BCUT2D eigenvalue weighted by Gasteiger charge is 2.24. The van der Waals surface area contributed by atoms with Crippen LogP contribution in [0.3, 0.4) is 0 Å². The molecule has 0 saturated carbocycles. The van der Waals surface area contributed by atoms with Crippen molar-refractivity contribution in [2.24, 2.45) is 0 Å². The van der Waals surface area contributed by atoms with Crippen molar-refractivity contribution < 1.29 is 9.15 Å². The monoisotopic (exact) mass is 336 g/mol. The average molecular weight is 337 g/mol. The molecule has 0 radical (unpaired) electrons. The molecular formula is C15H17BrN2O2. The van der Waals surface area contributed by atoms with Crippen LogP contribution >= 0.6 is 15.9 Å². The van der Waals surface area contributed by atoms with Gasteiger partial charge in [0.25, 0.3) is 0 Å². The van der Waals surface area contributed by atoms with Crippen LogP contribution in [0.25, 0.3) is 0 Å². The highest BCUT2D eigenvalue weighted by atomic mass is 79.9. The predicted octanol–water partition coefficient (Wildman–Crippen LogP) is 3.92. The molecule has 4 nitrogen and oxygen atoms in total. The molecule has 2 atom stereocenters. The summed E-state index contributed by atoms with van der Waals surface area (Å²) in [6.07, 6.45) is 2.69. The lowest BCUT2D eigenvalue weighted by Crippen LogP contribution is -2.29. The van der Waals surface area contributed by atoms with Crippen LogP contribution in [0, 0.1) is 6.92 Å². The van der Waals surface area contributed by atoms with Crippen LogP contribution in [0.2, 0.25) is 0 Å². The van der Waals surface area contributed by atoms with E-state index in [9.17, 15) is 0 Å². The Morgan fingerprint density at radius 1 is 1.45 bits per heavy atom. The Kier molecular flexibility index (Phi) is 3.81. The summed E-state index contributed by atoms with van der Waals surface area (Å²) < 4.78 is 12.3. The maximum absolute atomic E-state index is 5.70. The summed E-state index contributed by atoms with van der Waals surface area (Å²) >= 11 is 3.52. The van der Waals surface area contributed by atoms with Crippen molar-refractivity contribution in [2.45, 2.75) is 32.4 Å². The van der Waals surface area contributed by atoms with Gasteiger partial charge in [-0.3, -0.25) is 5.32 Å². The quantitative estimate of drug-likeness (QED) is 0.922. The second kappa shape index (κ2) is 5.58. The number of aryl methyl sites for hydroxylation is 1. The standard InChI is InChI=1S/C15H17BrN2O2/c1-9-8-17-15(20-9)10(2)18-13-5-6-19-14-4-3-11(16)7-12(13)14/h3-4,7-8,10,13,18H,5-6H2,1-2H3. The van der Waals surface area contributed by atoms with E-state index in [4.69, 9.17) is 9.15 Å². The Morgan fingerprint density at radius 3 is 3.05 bits per heavy atom. The Bertz CT molecular complexity index is 612. The van der Waals surface area contributed by atoms with Crippen molar-refractivity contribution in [1.29, 1.82) is 0 Å². The second-order valence-corrected chi connectivity index (χ2v) is 5.99. The van der Waals surface area contributed by atoms with Crippen LogP contribution in [0.5, 0.6) is 5.75 Å². The maximum atomic E-state index is 5.70. The number of nitrogens with zero attached hydrogens (tertiary/aromatic N) is 1. The number of ether oxygens (including phenoxy) is 1. The van der Waals surface area contributed by atoms with E-state index >= 15 is 0 Å². The van der Waals surface area contributed by atoms with Gasteiger partial charge in [-0.1, -0.05) is 15.9 Å². The third kappa shape index (κ3) is 2.74. The fraction of sp³-hybridized carbons (Fsp3) is 0.400. The molecule has 2 heterocycles. The van der Waals surface area contributed by atoms with Gasteiger partial charge in [0.05, 0.1) is 18.8 Å². The van der Waals surface area contributed by atoms with Crippen molar-refractivity contribution >= 4 is 15.9 Å². The van der Waals surface area contributed by atoms with E-state index in [1.807, 2.05) is 19.1 Å². The Morgan fingerprint density at radius 2 is 2.30 bits per heavy atom. The molecule has 0 spiro atoms. The zero-order chi connectivity index (χ0) is 14.1. The summed E-state index contributed by atoms with van der Waals surface area (Å²) in [6.45, 7) is 4.70. The fourth-order valence-electron chi connectivity index (χ4n) is 2.48. The van der Waals surface area contributed by atoms with Gasteiger partial charge in [0.2, 0.25) is 5.89 Å². The molecule has 1 N–H and O–H groups in total. The van der Waals surface area contributed by atoms with Gasteiger partial charge < -0.3 is 9.15 Å². The van der Waals surface area contributed by atoms with Crippen molar-refractivity contribution in [1.82, 2.24) is 10.3 Å². The van der Waals surface area contributed by atoms with Crippen LogP contribution in [0.15, 0.2) is 33.3 Å². The van der Waals surface area contributed by atoms with Crippen molar-refractivity contribution in [3.05, 3.63) is 46.1 Å². The molecule has 106 valence electrons. The van der Waals surface area contributed by atoms with Crippen molar-refractivity contribution in [3.63, 3.8) is 0 Å². The van der Waals surface area contributed by atoms with Crippen LogP contribution in [0.4, 0.5) is 0 Å².